The van der Waals surface area contributed by atoms with Crippen LogP contribution in [0.5, 0.6) is 0 Å². The van der Waals surface area contributed by atoms with Crippen LogP contribution < -0.4 is 10.2 Å². The maximum Gasteiger partial charge on any atom is 0.257 e. The Morgan fingerprint density at radius 3 is 2.31 bits per heavy atom. The van der Waals surface area contributed by atoms with Gasteiger partial charge in [-0.3, -0.25) is 4.79 Å². The SMILES string of the molecule is O=C(Nc1ccc(F)c(F)c1)c1cc(S(=O)(=O)N2CCOCC2)ccc1N1CCCCC1. The molecule has 0 unspecified atom stereocenters. The highest BCUT2D eigenvalue weighted by Crippen LogP contribution is 2.29. The van der Waals surface area contributed by atoms with Crippen molar-refractivity contribution in [1.29, 1.82) is 0 Å². The number of morpholine rings is 1. The largest absolute Gasteiger partial charge is 0.379 e. The normalized spacial score (nSPS) is 17.9. The molecule has 0 saturated carbocycles. The number of ether oxygens (including phenoxy) is 1. The van der Waals surface area contributed by atoms with Gasteiger partial charge in [0.25, 0.3) is 5.91 Å². The number of carbonyl (C=O) groups is 1. The first-order valence-corrected chi connectivity index (χ1v) is 12.0. The third-order valence-corrected chi connectivity index (χ3v) is 7.59. The number of hydrogen-bond donors (Lipinski definition) is 1. The third kappa shape index (κ3) is 4.77. The number of halogens is 2. The van der Waals surface area contributed by atoms with E-state index < -0.39 is 27.6 Å². The van der Waals surface area contributed by atoms with Crippen molar-refractivity contribution in [3.8, 4) is 0 Å². The van der Waals surface area contributed by atoms with Crippen molar-refractivity contribution < 1.29 is 26.7 Å². The molecule has 2 aromatic carbocycles. The van der Waals surface area contributed by atoms with Gasteiger partial charge in [-0.2, -0.15) is 4.31 Å². The second kappa shape index (κ2) is 9.51. The van der Waals surface area contributed by atoms with Crippen LogP contribution in [0.1, 0.15) is 29.6 Å². The summed E-state index contributed by atoms with van der Waals surface area (Å²) in [5.41, 5.74) is 0.872. The van der Waals surface area contributed by atoms with Gasteiger partial charge in [-0.1, -0.05) is 0 Å². The van der Waals surface area contributed by atoms with Crippen LogP contribution >= 0.6 is 0 Å². The van der Waals surface area contributed by atoms with Gasteiger partial charge in [0.2, 0.25) is 10.0 Å². The van der Waals surface area contributed by atoms with Gasteiger partial charge >= 0.3 is 0 Å². The lowest BCUT2D eigenvalue weighted by Crippen LogP contribution is -2.40. The van der Waals surface area contributed by atoms with E-state index >= 15 is 0 Å². The molecule has 1 amide bonds. The van der Waals surface area contributed by atoms with E-state index in [0.717, 1.165) is 44.5 Å². The third-order valence-electron chi connectivity index (χ3n) is 5.69. The first-order chi connectivity index (χ1) is 15.4. The highest BCUT2D eigenvalue weighted by molar-refractivity contribution is 7.89. The molecule has 0 atom stereocenters. The minimum absolute atomic E-state index is 0.00981. The number of sulfonamides is 1. The molecule has 2 aliphatic heterocycles. The van der Waals surface area contributed by atoms with Crippen molar-refractivity contribution in [3.05, 3.63) is 53.6 Å². The van der Waals surface area contributed by atoms with Crippen molar-refractivity contribution in [2.45, 2.75) is 24.2 Å². The molecule has 7 nitrogen and oxygen atoms in total. The Hall–Kier alpha value is -2.56. The Bertz CT molecular complexity index is 1100. The fourth-order valence-corrected chi connectivity index (χ4v) is 5.41. The number of piperidine rings is 1. The second-order valence-electron chi connectivity index (χ2n) is 7.83. The molecular weight excluding hydrogens is 440 g/mol. The fraction of sp³-hybridized carbons (Fsp3) is 0.409. The van der Waals surface area contributed by atoms with Crippen LogP contribution in [-0.2, 0) is 14.8 Å². The van der Waals surface area contributed by atoms with Crippen molar-refractivity contribution in [2.24, 2.45) is 0 Å². The molecule has 2 fully saturated rings. The lowest BCUT2D eigenvalue weighted by Gasteiger charge is -2.31. The van der Waals surface area contributed by atoms with E-state index in [1.54, 1.807) is 6.07 Å². The van der Waals surface area contributed by atoms with Gasteiger partial charge in [-0.25, -0.2) is 17.2 Å². The molecule has 2 aromatic rings. The number of hydrogen-bond acceptors (Lipinski definition) is 5. The van der Waals surface area contributed by atoms with E-state index in [1.807, 2.05) is 0 Å². The zero-order valence-corrected chi connectivity index (χ0v) is 18.3. The van der Waals surface area contributed by atoms with E-state index in [4.69, 9.17) is 4.74 Å². The van der Waals surface area contributed by atoms with Crippen LogP contribution in [0, 0.1) is 11.6 Å². The topological polar surface area (TPSA) is 79.0 Å². The quantitative estimate of drug-likeness (QED) is 0.734. The Kier molecular flexibility index (Phi) is 6.73. The number of anilines is 2. The van der Waals surface area contributed by atoms with Gasteiger partial charge in [0.15, 0.2) is 11.6 Å². The first-order valence-electron chi connectivity index (χ1n) is 10.6. The van der Waals surface area contributed by atoms with Crippen LogP contribution in [0.4, 0.5) is 20.2 Å². The second-order valence-corrected chi connectivity index (χ2v) is 9.76. The lowest BCUT2D eigenvalue weighted by molar-refractivity contribution is 0.0730. The van der Waals surface area contributed by atoms with Crippen molar-refractivity contribution >= 4 is 27.3 Å². The Morgan fingerprint density at radius 2 is 1.62 bits per heavy atom. The number of carbonyl (C=O) groups excluding carboxylic acids is 1. The van der Waals surface area contributed by atoms with E-state index in [9.17, 15) is 22.0 Å². The Labute approximate surface area is 186 Å². The molecule has 4 rings (SSSR count). The van der Waals surface area contributed by atoms with Crippen LogP contribution in [0.2, 0.25) is 0 Å². The maximum atomic E-state index is 13.6. The molecule has 0 spiro atoms. The zero-order valence-electron chi connectivity index (χ0n) is 17.5. The summed E-state index contributed by atoms with van der Waals surface area (Å²) in [6.07, 6.45) is 3.03. The van der Waals surface area contributed by atoms with Gasteiger partial charge in [-0.15, -0.1) is 0 Å². The number of benzene rings is 2. The smallest absolute Gasteiger partial charge is 0.257 e. The van der Waals surface area contributed by atoms with Crippen molar-refractivity contribution in [2.75, 3.05) is 49.6 Å². The van der Waals surface area contributed by atoms with Gasteiger partial charge in [0.1, 0.15) is 0 Å². The highest BCUT2D eigenvalue weighted by Gasteiger charge is 2.29. The summed E-state index contributed by atoms with van der Waals surface area (Å²) in [7, 11) is -3.81. The molecule has 1 N–H and O–H groups in total. The van der Waals surface area contributed by atoms with E-state index in [1.165, 1.54) is 22.5 Å². The molecule has 0 aromatic heterocycles. The summed E-state index contributed by atoms with van der Waals surface area (Å²) in [5.74, 6) is -2.69. The van der Waals surface area contributed by atoms with Crippen LogP contribution in [-0.4, -0.2) is 58.0 Å². The predicted octanol–water partition coefficient (Wildman–Crippen LogP) is 3.23. The molecule has 172 valence electrons. The number of rotatable bonds is 5. The molecule has 32 heavy (non-hydrogen) atoms. The van der Waals surface area contributed by atoms with E-state index in [2.05, 4.69) is 10.2 Å². The summed E-state index contributed by atoms with van der Waals surface area (Å²) >= 11 is 0. The molecule has 2 heterocycles. The first kappa shape index (κ1) is 22.6. The summed E-state index contributed by atoms with van der Waals surface area (Å²) in [4.78, 5) is 15.2. The summed E-state index contributed by atoms with van der Waals surface area (Å²) in [6, 6.07) is 7.61. The van der Waals surface area contributed by atoms with Crippen molar-refractivity contribution in [3.63, 3.8) is 0 Å². The molecular formula is C22H25F2N3O4S. The maximum absolute atomic E-state index is 13.6. The minimum Gasteiger partial charge on any atom is -0.379 e. The van der Waals surface area contributed by atoms with Crippen LogP contribution in [0.15, 0.2) is 41.3 Å². The van der Waals surface area contributed by atoms with Crippen molar-refractivity contribution in [1.82, 2.24) is 4.31 Å². The van der Waals surface area contributed by atoms with E-state index in [0.29, 0.717) is 18.9 Å². The summed E-state index contributed by atoms with van der Waals surface area (Å²) in [6.45, 7) is 2.62. The Balaban J connectivity index is 1.70. The van der Waals surface area contributed by atoms with Gasteiger partial charge in [-0.05, 0) is 49.6 Å². The summed E-state index contributed by atoms with van der Waals surface area (Å²) in [5, 5.41) is 2.56. The highest BCUT2D eigenvalue weighted by atomic mass is 32.2. The monoisotopic (exact) mass is 465 g/mol. The van der Waals surface area contributed by atoms with Gasteiger partial charge < -0.3 is 15.0 Å². The fourth-order valence-electron chi connectivity index (χ4n) is 3.98. The molecule has 0 aliphatic carbocycles. The molecule has 0 radical (unpaired) electrons. The molecule has 0 bridgehead atoms. The van der Waals surface area contributed by atoms with Crippen LogP contribution in [0.25, 0.3) is 0 Å². The van der Waals surface area contributed by atoms with E-state index in [-0.39, 0.29) is 29.2 Å². The minimum atomic E-state index is -3.81. The lowest BCUT2D eigenvalue weighted by atomic mass is 10.1. The molecule has 2 aliphatic rings. The molecule has 10 heteroatoms. The van der Waals surface area contributed by atoms with Crippen LogP contribution in [0.3, 0.4) is 0 Å². The Morgan fingerprint density at radius 1 is 0.906 bits per heavy atom. The number of amides is 1. The van der Waals surface area contributed by atoms with Gasteiger partial charge in [0, 0.05) is 43.6 Å². The average molecular weight is 466 g/mol. The summed E-state index contributed by atoms with van der Waals surface area (Å²) < 4.78 is 59.7. The van der Waals surface area contributed by atoms with Gasteiger partial charge in [0.05, 0.1) is 23.7 Å². The zero-order chi connectivity index (χ0) is 22.7. The number of nitrogens with one attached hydrogen (secondary N) is 1. The predicted molar refractivity (Wildman–Crippen MR) is 116 cm³/mol. The molecule has 2 saturated heterocycles. The standard InChI is InChI=1S/C22H25F2N3O4S/c23-19-6-4-16(14-20(19)24)25-22(28)18-15-17(32(29,30)27-10-12-31-13-11-27)5-7-21(18)26-8-2-1-3-9-26/h4-7,14-15H,1-3,8-13H2,(H,25,28). The number of nitrogens with zero attached hydrogens (tertiary/aromatic N) is 2. The average Bonchev–Trinajstić information content (AvgIpc) is 2.82.